The molecule has 0 aliphatic rings. The van der Waals surface area contributed by atoms with Crippen LogP contribution in [0.5, 0.6) is 0 Å². The van der Waals surface area contributed by atoms with Crippen molar-refractivity contribution in [3.63, 3.8) is 0 Å². The van der Waals surface area contributed by atoms with Gasteiger partial charge in [-0.3, -0.25) is 0 Å². The van der Waals surface area contributed by atoms with Crippen molar-refractivity contribution in [1.29, 1.82) is 5.26 Å². The van der Waals surface area contributed by atoms with Gasteiger partial charge in [0.15, 0.2) is 0 Å². The first-order chi connectivity index (χ1) is 10.6. The average Bonchev–Trinajstić information content (AvgIpc) is 2.54. The molecule has 0 unspecified atom stereocenters. The number of benzene rings is 1. The predicted molar refractivity (Wildman–Crippen MR) is 103 cm³/mol. The SMILES string of the molecule is CCC[CH2][Sn]([CH2]CCC)([CH2]CCC)[c]1c(Br)cccc1C#N. The first-order valence-corrected chi connectivity index (χ1v) is 17.1. The Morgan fingerprint density at radius 1 is 0.955 bits per heavy atom. The molecule has 1 aromatic rings. The molecule has 3 heteroatoms. The molecule has 0 N–H and O–H groups in total. The van der Waals surface area contributed by atoms with E-state index in [0.717, 1.165) is 5.56 Å². The van der Waals surface area contributed by atoms with Crippen molar-refractivity contribution in [1.82, 2.24) is 0 Å². The Hall–Kier alpha value is -0.0113. The molecule has 1 aromatic carbocycles. The van der Waals surface area contributed by atoms with Gasteiger partial charge in [0.25, 0.3) is 0 Å². The van der Waals surface area contributed by atoms with Crippen molar-refractivity contribution >= 4 is 37.9 Å². The van der Waals surface area contributed by atoms with Gasteiger partial charge in [0.05, 0.1) is 0 Å². The molecule has 0 aliphatic carbocycles. The van der Waals surface area contributed by atoms with Gasteiger partial charge in [-0.15, -0.1) is 0 Å². The Morgan fingerprint density at radius 2 is 1.45 bits per heavy atom. The number of nitriles is 1. The first kappa shape index (κ1) is 20.0. The summed E-state index contributed by atoms with van der Waals surface area (Å²) in [4.78, 5) is 0. The van der Waals surface area contributed by atoms with Gasteiger partial charge in [0.2, 0.25) is 0 Å². The molecule has 0 bridgehead atoms. The van der Waals surface area contributed by atoms with Gasteiger partial charge in [0, 0.05) is 0 Å². The molecular weight excluding hydrogens is 441 g/mol. The van der Waals surface area contributed by atoms with E-state index >= 15 is 0 Å². The van der Waals surface area contributed by atoms with Crippen LogP contribution in [0, 0.1) is 11.3 Å². The zero-order chi connectivity index (χ0) is 16.4. The molecule has 0 aliphatic heterocycles. The number of hydrogen-bond acceptors (Lipinski definition) is 1. The summed E-state index contributed by atoms with van der Waals surface area (Å²) in [5, 5.41) is 9.65. The van der Waals surface area contributed by atoms with E-state index in [2.05, 4.69) is 48.8 Å². The van der Waals surface area contributed by atoms with Crippen molar-refractivity contribution in [3.8, 4) is 6.07 Å². The van der Waals surface area contributed by atoms with Gasteiger partial charge in [-0.2, -0.15) is 0 Å². The Balaban J connectivity index is 3.35. The van der Waals surface area contributed by atoms with Crippen LogP contribution in [-0.4, -0.2) is 18.4 Å². The van der Waals surface area contributed by atoms with Crippen LogP contribution in [0.3, 0.4) is 0 Å². The van der Waals surface area contributed by atoms with Gasteiger partial charge >= 0.3 is 150 Å². The predicted octanol–water partition coefficient (Wildman–Crippen LogP) is 6.38. The summed E-state index contributed by atoms with van der Waals surface area (Å²) in [5.41, 5.74) is 0.952. The standard InChI is InChI=1S/C7H3BrN.3C4H9.Sn/c8-7-3-1-2-6(4-7)5-9;3*1-3-4-2;/h1-3H;3*1,3-4H2,2H3;. The number of halogens is 1. The van der Waals surface area contributed by atoms with Crippen LogP contribution >= 0.6 is 15.9 Å². The molecule has 0 radical (unpaired) electrons. The molecule has 1 nitrogen and oxygen atoms in total. The Labute approximate surface area is 149 Å². The molecule has 0 saturated carbocycles. The number of nitrogens with zero attached hydrogens (tertiary/aromatic N) is 1. The average molecular weight is 471 g/mol. The third-order valence-corrected chi connectivity index (χ3v) is 22.2. The quantitative estimate of drug-likeness (QED) is 0.364. The molecule has 0 atom stereocenters. The van der Waals surface area contributed by atoms with Crippen LogP contribution in [-0.2, 0) is 0 Å². The summed E-state index contributed by atoms with van der Waals surface area (Å²) >= 11 is 1.28. The molecule has 0 fully saturated rings. The number of unbranched alkanes of at least 4 members (excludes halogenated alkanes) is 3. The summed E-state index contributed by atoms with van der Waals surface area (Å²) < 4.78 is 6.91. The van der Waals surface area contributed by atoms with E-state index < -0.39 is 18.4 Å². The maximum atomic E-state index is 9.65. The van der Waals surface area contributed by atoms with Crippen LogP contribution in [0.15, 0.2) is 22.7 Å². The number of rotatable bonds is 10. The molecule has 0 amide bonds. The fourth-order valence-electron chi connectivity index (χ4n) is 3.45. The molecule has 1 rings (SSSR count). The Morgan fingerprint density at radius 3 is 1.86 bits per heavy atom. The van der Waals surface area contributed by atoms with Gasteiger partial charge in [-0.25, -0.2) is 0 Å². The third-order valence-electron chi connectivity index (χ3n) is 4.69. The second-order valence-corrected chi connectivity index (χ2v) is 20.2. The van der Waals surface area contributed by atoms with Crippen molar-refractivity contribution < 1.29 is 0 Å². The third kappa shape index (κ3) is 5.27. The van der Waals surface area contributed by atoms with E-state index in [1.54, 1.807) is 0 Å². The van der Waals surface area contributed by atoms with E-state index in [1.807, 2.05) is 12.1 Å². The van der Waals surface area contributed by atoms with E-state index in [4.69, 9.17) is 0 Å². The van der Waals surface area contributed by atoms with Crippen LogP contribution in [0.25, 0.3) is 0 Å². The summed E-state index contributed by atoms with van der Waals surface area (Å²) in [5.74, 6) is 0. The summed E-state index contributed by atoms with van der Waals surface area (Å²) in [6, 6.07) is 8.71. The second kappa shape index (κ2) is 10.7. The monoisotopic (exact) mass is 471 g/mol. The van der Waals surface area contributed by atoms with Crippen LogP contribution < -0.4 is 3.58 Å². The van der Waals surface area contributed by atoms with Crippen molar-refractivity contribution in [2.75, 3.05) is 0 Å². The minimum atomic E-state index is -2.52. The number of hydrogen-bond donors (Lipinski definition) is 0. The Bertz CT molecular complexity index is 471. The van der Waals surface area contributed by atoms with Crippen molar-refractivity contribution in [2.24, 2.45) is 0 Å². The van der Waals surface area contributed by atoms with Gasteiger partial charge < -0.3 is 0 Å². The summed E-state index contributed by atoms with van der Waals surface area (Å²) in [7, 11) is 0. The molecule has 0 spiro atoms. The molecule has 22 heavy (non-hydrogen) atoms. The van der Waals surface area contributed by atoms with Crippen LogP contribution in [0.2, 0.25) is 13.3 Å². The van der Waals surface area contributed by atoms with Crippen molar-refractivity contribution in [2.45, 2.75) is 72.6 Å². The molecule has 122 valence electrons. The van der Waals surface area contributed by atoms with Gasteiger partial charge in [0.1, 0.15) is 0 Å². The zero-order valence-electron chi connectivity index (χ0n) is 14.4. The molecule has 0 heterocycles. The van der Waals surface area contributed by atoms with E-state index in [-0.39, 0.29) is 0 Å². The van der Waals surface area contributed by atoms with Gasteiger partial charge in [-0.1, -0.05) is 0 Å². The van der Waals surface area contributed by atoms with Gasteiger partial charge in [-0.05, 0) is 0 Å². The second-order valence-electron chi connectivity index (χ2n) is 6.37. The summed E-state index contributed by atoms with van der Waals surface area (Å²) in [6.07, 6.45) is 7.79. The molecule has 0 saturated heterocycles. The van der Waals surface area contributed by atoms with Crippen LogP contribution in [0.1, 0.15) is 64.9 Å². The van der Waals surface area contributed by atoms with E-state index in [1.165, 1.54) is 59.9 Å². The zero-order valence-corrected chi connectivity index (χ0v) is 18.9. The van der Waals surface area contributed by atoms with E-state index in [9.17, 15) is 5.26 Å². The van der Waals surface area contributed by atoms with E-state index in [0.29, 0.717) is 0 Å². The molecular formula is C19H30BrNSn. The maximum absolute atomic E-state index is 9.65. The first-order valence-electron chi connectivity index (χ1n) is 8.84. The topological polar surface area (TPSA) is 23.8 Å². The fourth-order valence-corrected chi connectivity index (χ4v) is 23.5. The Kier molecular flexibility index (Phi) is 9.75. The van der Waals surface area contributed by atoms with Crippen LogP contribution in [0.4, 0.5) is 0 Å². The normalized spacial score (nSPS) is 11.4. The summed E-state index contributed by atoms with van der Waals surface area (Å²) in [6.45, 7) is 6.88. The fraction of sp³-hybridized carbons (Fsp3) is 0.632. The minimum absolute atomic E-state index is 0.952. The molecule has 0 aromatic heterocycles. The van der Waals surface area contributed by atoms with Crippen molar-refractivity contribution in [3.05, 3.63) is 28.2 Å².